The maximum absolute atomic E-state index is 13.8. The zero-order chi connectivity index (χ0) is 24.3. The van der Waals surface area contributed by atoms with Gasteiger partial charge >= 0.3 is 0 Å². The second kappa shape index (κ2) is 7.84. The van der Waals surface area contributed by atoms with Gasteiger partial charge in [0.1, 0.15) is 0 Å². The van der Waals surface area contributed by atoms with E-state index in [1.807, 2.05) is 0 Å². The monoisotopic (exact) mass is 464 g/mol. The Morgan fingerprint density at radius 1 is 0.486 bits per heavy atom. The summed E-state index contributed by atoms with van der Waals surface area (Å²) < 4.78 is 0. The molecule has 3 aromatic rings. The highest BCUT2D eigenvalue weighted by atomic mass is 16.2. The number of Topliss-reactive ketones (excluding diaryl/α,β-unsaturated/α-hetero) is 1. The number of rotatable bonds is 4. The van der Waals surface area contributed by atoms with E-state index < -0.39 is 59.0 Å². The van der Waals surface area contributed by atoms with Crippen LogP contribution in [0.3, 0.4) is 0 Å². The first-order valence-corrected chi connectivity index (χ1v) is 11.5. The molecule has 2 saturated heterocycles. The molecule has 2 aliphatic heterocycles. The summed E-state index contributed by atoms with van der Waals surface area (Å²) in [6, 6.07) is 25.3. The molecule has 0 bridgehead atoms. The highest BCUT2D eigenvalue weighted by Crippen LogP contribution is 2.56. The van der Waals surface area contributed by atoms with E-state index in [4.69, 9.17) is 0 Å². The molecule has 0 unspecified atom stereocenters. The predicted octanol–water partition coefficient (Wildman–Crippen LogP) is 3.11. The fourth-order valence-corrected chi connectivity index (χ4v) is 5.94. The Hall–Kier alpha value is -4.39. The summed E-state index contributed by atoms with van der Waals surface area (Å²) in [6.07, 6.45) is 0. The topological polar surface area (TPSA) is 91.8 Å². The summed E-state index contributed by atoms with van der Waals surface area (Å²) in [4.78, 5) is 70.5. The molecule has 0 spiro atoms. The van der Waals surface area contributed by atoms with Crippen LogP contribution in [0.1, 0.15) is 10.4 Å². The van der Waals surface area contributed by atoms with E-state index in [2.05, 4.69) is 0 Å². The lowest BCUT2D eigenvalue weighted by Crippen LogP contribution is -2.40. The minimum absolute atomic E-state index is 0.341. The van der Waals surface area contributed by atoms with Crippen LogP contribution in [0, 0.1) is 29.6 Å². The van der Waals surface area contributed by atoms with Gasteiger partial charge in [0, 0.05) is 11.5 Å². The molecule has 3 aromatic carbocycles. The van der Waals surface area contributed by atoms with Gasteiger partial charge in [-0.05, 0) is 24.3 Å². The van der Waals surface area contributed by atoms with Gasteiger partial charge in [-0.1, -0.05) is 66.7 Å². The first-order valence-electron chi connectivity index (χ1n) is 11.5. The van der Waals surface area contributed by atoms with Crippen LogP contribution in [0.15, 0.2) is 91.0 Å². The Morgan fingerprint density at radius 3 is 1.23 bits per heavy atom. The number of nitrogens with zero attached hydrogens (tertiary/aromatic N) is 2. The first kappa shape index (κ1) is 21.2. The SMILES string of the molecule is O=C(c1ccccc1)C1[C@H]2C(=O)N(c3ccccc3)C(=O)[C@@H]2[C@H]2C(=O)N(c3ccccc3)C(=O)[C@H]12. The number of imide groups is 2. The van der Waals surface area contributed by atoms with Crippen molar-refractivity contribution >= 4 is 40.8 Å². The van der Waals surface area contributed by atoms with Gasteiger partial charge in [-0.15, -0.1) is 0 Å². The summed E-state index contributed by atoms with van der Waals surface area (Å²) in [5, 5.41) is 0. The molecule has 35 heavy (non-hydrogen) atoms. The third-order valence-corrected chi connectivity index (χ3v) is 7.35. The number of benzene rings is 3. The largest absolute Gasteiger partial charge is 0.294 e. The molecule has 1 aliphatic carbocycles. The number of anilines is 2. The van der Waals surface area contributed by atoms with Gasteiger partial charge in [-0.2, -0.15) is 0 Å². The molecule has 172 valence electrons. The van der Waals surface area contributed by atoms with Crippen LogP contribution in [0.2, 0.25) is 0 Å². The molecule has 1 saturated carbocycles. The van der Waals surface area contributed by atoms with E-state index in [-0.39, 0.29) is 0 Å². The second-order valence-corrected chi connectivity index (χ2v) is 9.05. The van der Waals surface area contributed by atoms with Crippen LogP contribution in [-0.2, 0) is 19.2 Å². The van der Waals surface area contributed by atoms with Gasteiger partial charge in [0.15, 0.2) is 5.78 Å². The number of ketones is 1. The van der Waals surface area contributed by atoms with Crippen LogP contribution in [0.5, 0.6) is 0 Å². The fraction of sp³-hybridized carbons (Fsp3) is 0.179. The van der Waals surface area contributed by atoms with Crippen molar-refractivity contribution in [1.29, 1.82) is 0 Å². The smallest absolute Gasteiger partial charge is 0.238 e. The lowest BCUT2D eigenvalue weighted by molar-refractivity contribution is -0.129. The standard InChI is InChI=1S/C28H20N2O5/c31-24(16-10-4-1-5-11-16)19-20-22(27(34)29(25(20)32)17-12-6-2-7-13-17)23-21(19)26(33)30(28(23)35)18-14-8-3-9-15-18/h1-15,19-23H/t20-,21-,22+,23+/m1/s1. The first-order chi connectivity index (χ1) is 17.0. The van der Waals surface area contributed by atoms with Crippen molar-refractivity contribution in [1.82, 2.24) is 0 Å². The molecular weight excluding hydrogens is 444 g/mol. The van der Waals surface area contributed by atoms with Gasteiger partial charge < -0.3 is 0 Å². The zero-order valence-electron chi connectivity index (χ0n) is 18.5. The Balaban J connectivity index is 1.49. The van der Waals surface area contributed by atoms with E-state index in [0.717, 1.165) is 9.80 Å². The Kier molecular flexibility index (Phi) is 4.74. The van der Waals surface area contributed by atoms with Crippen LogP contribution in [0.4, 0.5) is 11.4 Å². The van der Waals surface area contributed by atoms with Crippen molar-refractivity contribution in [2.75, 3.05) is 9.80 Å². The maximum atomic E-state index is 13.8. The summed E-state index contributed by atoms with van der Waals surface area (Å²) in [6.45, 7) is 0. The van der Waals surface area contributed by atoms with E-state index in [0.29, 0.717) is 16.9 Å². The van der Waals surface area contributed by atoms with Crippen LogP contribution in [0.25, 0.3) is 0 Å². The number of hydrogen-bond donors (Lipinski definition) is 0. The number of para-hydroxylation sites is 2. The molecule has 3 fully saturated rings. The number of carbonyl (C=O) groups is 5. The van der Waals surface area contributed by atoms with Crippen LogP contribution < -0.4 is 9.80 Å². The molecule has 7 nitrogen and oxygen atoms in total. The molecule has 4 atom stereocenters. The van der Waals surface area contributed by atoms with E-state index in [9.17, 15) is 24.0 Å². The normalized spacial score (nSPS) is 25.8. The average Bonchev–Trinajstić information content (AvgIpc) is 3.46. The van der Waals surface area contributed by atoms with Crippen molar-refractivity contribution in [3.05, 3.63) is 96.6 Å². The van der Waals surface area contributed by atoms with E-state index in [1.165, 1.54) is 0 Å². The molecule has 0 N–H and O–H groups in total. The van der Waals surface area contributed by atoms with E-state index >= 15 is 0 Å². The molecule has 7 heteroatoms. The molecule has 4 amide bonds. The lowest BCUT2D eigenvalue weighted by Gasteiger charge is -2.23. The summed E-state index contributed by atoms with van der Waals surface area (Å²) >= 11 is 0. The molecule has 0 aromatic heterocycles. The molecule has 6 rings (SSSR count). The number of carbonyl (C=O) groups excluding carboxylic acids is 5. The van der Waals surface area contributed by atoms with Crippen molar-refractivity contribution < 1.29 is 24.0 Å². The highest BCUT2D eigenvalue weighted by Gasteiger charge is 2.72. The van der Waals surface area contributed by atoms with Crippen molar-refractivity contribution in [2.24, 2.45) is 29.6 Å². The van der Waals surface area contributed by atoms with Crippen molar-refractivity contribution in [3.63, 3.8) is 0 Å². The zero-order valence-corrected chi connectivity index (χ0v) is 18.5. The van der Waals surface area contributed by atoms with Crippen LogP contribution >= 0.6 is 0 Å². The van der Waals surface area contributed by atoms with E-state index in [1.54, 1.807) is 91.0 Å². The van der Waals surface area contributed by atoms with Gasteiger partial charge in [0.25, 0.3) is 0 Å². The van der Waals surface area contributed by atoms with Gasteiger partial charge in [0.2, 0.25) is 23.6 Å². The number of hydrogen-bond acceptors (Lipinski definition) is 5. The lowest BCUT2D eigenvalue weighted by atomic mass is 9.81. The molecule has 2 heterocycles. The minimum atomic E-state index is -1.11. The Morgan fingerprint density at radius 2 is 0.829 bits per heavy atom. The average molecular weight is 464 g/mol. The fourth-order valence-electron chi connectivity index (χ4n) is 5.94. The Labute approximate surface area is 201 Å². The summed E-state index contributed by atoms with van der Waals surface area (Å²) in [7, 11) is 0. The Bertz CT molecular complexity index is 1290. The second-order valence-electron chi connectivity index (χ2n) is 9.05. The number of amides is 4. The highest BCUT2D eigenvalue weighted by molar-refractivity contribution is 6.30. The maximum Gasteiger partial charge on any atom is 0.238 e. The summed E-state index contributed by atoms with van der Waals surface area (Å²) in [5.74, 6) is -7.97. The quantitative estimate of drug-likeness (QED) is 0.437. The third kappa shape index (κ3) is 2.94. The van der Waals surface area contributed by atoms with Crippen LogP contribution in [-0.4, -0.2) is 29.4 Å². The predicted molar refractivity (Wildman–Crippen MR) is 126 cm³/mol. The van der Waals surface area contributed by atoms with Gasteiger partial charge in [-0.25, -0.2) is 0 Å². The molecule has 3 aliphatic rings. The summed E-state index contributed by atoms with van der Waals surface area (Å²) in [5.41, 5.74) is 1.11. The van der Waals surface area contributed by atoms with Gasteiger partial charge in [0.05, 0.1) is 35.0 Å². The minimum Gasteiger partial charge on any atom is -0.294 e. The van der Waals surface area contributed by atoms with Crippen molar-refractivity contribution in [2.45, 2.75) is 0 Å². The van der Waals surface area contributed by atoms with Gasteiger partial charge in [-0.3, -0.25) is 33.8 Å². The third-order valence-electron chi connectivity index (χ3n) is 7.35. The number of fused-ring (bicyclic) bond motifs is 3. The molecule has 0 radical (unpaired) electrons. The molecular formula is C28H20N2O5. The van der Waals surface area contributed by atoms with Crippen molar-refractivity contribution in [3.8, 4) is 0 Å².